The number of nitrogens with two attached hydrogens (primary N) is 1. The SMILES string of the molecule is CCCCCCCCC1CC(=O)NC1=O.CCN. The maximum absolute atomic E-state index is 11.2. The molecule has 1 fully saturated rings. The van der Waals surface area contributed by atoms with Gasteiger partial charge in [0.05, 0.1) is 0 Å². The van der Waals surface area contributed by atoms with Crippen LogP contribution in [0.2, 0.25) is 0 Å². The highest BCUT2D eigenvalue weighted by molar-refractivity contribution is 6.03. The second-order valence-electron chi connectivity index (χ2n) is 4.78. The third-order valence-electron chi connectivity index (χ3n) is 2.97. The minimum absolute atomic E-state index is 0.0383. The molecule has 0 aromatic carbocycles. The zero-order valence-electron chi connectivity index (χ0n) is 11.8. The topological polar surface area (TPSA) is 72.2 Å². The summed E-state index contributed by atoms with van der Waals surface area (Å²) in [4.78, 5) is 22.1. The third-order valence-corrected chi connectivity index (χ3v) is 2.97. The predicted octanol–water partition coefficient (Wildman–Crippen LogP) is 2.36. The van der Waals surface area contributed by atoms with Crippen molar-refractivity contribution in [2.75, 3.05) is 6.54 Å². The van der Waals surface area contributed by atoms with Gasteiger partial charge in [0.1, 0.15) is 0 Å². The number of carbonyl (C=O) groups is 2. The Morgan fingerprint density at radius 3 is 2.17 bits per heavy atom. The largest absolute Gasteiger partial charge is 0.331 e. The Morgan fingerprint density at radius 1 is 1.11 bits per heavy atom. The lowest BCUT2D eigenvalue weighted by molar-refractivity contribution is -0.125. The Morgan fingerprint density at radius 2 is 1.67 bits per heavy atom. The Kier molecular flexibility index (Phi) is 10.6. The van der Waals surface area contributed by atoms with E-state index in [1.165, 1.54) is 32.1 Å². The lowest BCUT2D eigenvalue weighted by Gasteiger charge is -2.04. The number of nitrogens with one attached hydrogen (secondary N) is 1. The van der Waals surface area contributed by atoms with Crippen molar-refractivity contribution in [3.8, 4) is 0 Å². The fourth-order valence-corrected chi connectivity index (χ4v) is 2.01. The van der Waals surface area contributed by atoms with Gasteiger partial charge in [0.25, 0.3) is 0 Å². The van der Waals surface area contributed by atoms with Gasteiger partial charge in [-0.3, -0.25) is 14.9 Å². The first-order chi connectivity index (χ1) is 8.65. The maximum Gasteiger partial charge on any atom is 0.230 e. The van der Waals surface area contributed by atoms with E-state index in [2.05, 4.69) is 12.2 Å². The average Bonchev–Trinajstić information content (AvgIpc) is 2.63. The van der Waals surface area contributed by atoms with Crippen LogP contribution in [0.1, 0.15) is 65.2 Å². The van der Waals surface area contributed by atoms with Gasteiger partial charge in [0.15, 0.2) is 0 Å². The molecule has 1 unspecified atom stereocenters. The normalized spacial score (nSPS) is 18.3. The van der Waals surface area contributed by atoms with Crippen molar-refractivity contribution in [2.45, 2.75) is 65.2 Å². The van der Waals surface area contributed by atoms with Crippen molar-refractivity contribution < 1.29 is 9.59 Å². The van der Waals surface area contributed by atoms with Gasteiger partial charge < -0.3 is 5.73 Å². The molecule has 0 aliphatic carbocycles. The van der Waals surface area contributed by atoms with E-state index in [4.69, 9.17) is 5.73 Å². The molecule has 0 aromatic heterocycles. The molecule has 2 amide bonds. The van der Waals surface area contributed by atoms with E-state index in [1.54, 1.807) is 0 Å². The van der Waals surface area contributed by atoms with Crippen LogP contribution in [-0.4, -0.2) is 18.4 Å². The van der Waals surface area contributed by atoms with Gasteiger partial charge in [0.2, 0.25) is 11.8 Å². The van der Waals surface area contributed by atoms with Gasteiger partial charge in [-0.2, -0.15) is 0 Å². The van der Waals surface area contributed by atoms with Crippen molar-refractivity contribution in [2.24, 2.45) is 11.7 Å². The van der Waals surface area contributed by atoms with Crippen LogP contribution in [0.4, 0.5) is 0 Å². The van der Waals surface area contributed by atoms with Crippen molar-refractivity contribution in [3.05, 3.63) is 0 Å². The second-order valence-corrected chi connectivity index (χ2v) is 4.78. The van der Waals surface area contributed by atoms with Crippen LogP contribution in [0, 0.1) is 5.92 Å². The standard InChI is InChI=1S/C12H21NO2.C2H7N/c1-2-3-4-5-6-7-8-10-9-11(14)13-12(10)15;1-2-3/h10H,2-9H2,1H3,(H,13,14,15);2-3H2,1H3. The smallest absolute Gasteiger partial charge is 0.230 e. The molecule has 3 N–H and O–H groups in total. The molecule has 4 nitrogen and oxygen atoms in total. The predicted molar refractivity (Wildman–Crippen MR) is 74.0 cm³/mol. The minimum atomic E-state index is -0.101. The molecule has 0 saturated carbocycles. The van der Waals surface area contributed by atoms with E-state index in [-0.39, 0.29) is 17.7 Å². The molecule has 0 spiro atoms. The van der Waals surface area contributed by atoms with Gasteiger partial charge in [-0.1, -0.05) is 52.4 Å². The quantitative estimate of drug-likeness (QED) is 0.542. The Labute approximate surface area is 111 Å². The zero-order valence-corrected chi connectivity index (χ0v) is 11.8. The summed E-state index contributed by atoms with van der Waals surface area (Å²) in [6, 6.07) is 0. The van der Waals surface area contributed by atoms with E-state index < -0.39 is 0 Å². The molecule has 1 heterocycles. The summed E-state index contributed by atoms with van der Waals surface area (Å²) in [6.45, 7) is 4.86. The van der Waals surface area contributed by atoms with E-state index in [1.807, 2.05) is 6.92 Å². The van der Waals surface area contributed by atoms with Gasteiger partial charge in [-0.05, 0) is 13.0 Å². The summed E-state index contributed by atoms with van der Waals surface area (Å²) in [5.41, 5.74) is 4.85. The summed E-state index contributed by atoms with van der Waals surface area (Å²) in [5.74, 6) is -0.201. The molecular weight excluding hydrogens is 228 g/mol. The van der Waals surface area contributed by atoms with Gasteiger partial charge >= 0.3 is 0 Å². The van der Waals surface area contributed by atoms with Crippen LogP contribution >= 0.6 is 0 Å². The molecule has 0 radical (unpaired) electrons. The molecule has 1 saturated heterocycles. The molecule has 4 heteroatoms. The first kappa shape index (κ1) is 17.1. The molecule has 106 valence electrons. The van der Waals surface area contributed by atoms with Gasteiger partial charge in [-0.15, -0.1) is 0 Å². The van der Waals surface area contributed by atoms with Crippen LogP contribution < -0.4 is 11.1 Å². The monoisotopic (exact) mass is 256 g/mol. The van der Waals surface area contributed by atoms with Crippen LogP contribution in [0.15, 0.2) is 0 Å². The fraction of sp³-hybridized carbons (Fsp3) is 0.857. The fourth-order valence-electron chi connectivity index (χ4n) is 2.01. The third kappa shape index (κ3) is 8.23. The molecular formula is C14H28N2O2. The van der Waals surface area contributed by atoms with E-state index in [9.17, 15) is 9.59 Å². The summed E-state index contributed by atoms with van der Waals surface area (Å²) in [6.07, 6.45) is 8.69. The van der Waals surface area contributed by atoms with E-state index in [0.717, 1.165) is 19.4 Å². The Hall–Kier alpha value is -0.900. The first-order valence-electron chi connectivity index (χ1n) is 7.19. The van der Waals surface area contributed by atoms with Crippen LogP contribution in [-0.2, 0) is 9.59 Å². The van der Waals surface area contributed by atoms with Crippen LogP contribution in [0.5, 0.6) is 0 Å². The highest BCUT2D eigenvalue weighted by Gasteiger charge is 2.29. The lowest BCUT2D eigenvalue weighted by atomic mass is 9.99. The highest BCUT2D eigenvalue weighted by atomic mass is 16.2. The molecule has 18 heavy (non-hydrogen) atoms. The number of amides is 2. The van der Waals surface area contributed by atoms with Crippen molar-refractivity contribution in [1.29, 1.82) is 0 Å². The molecule has 1 rings (SSSR count). The van der Waals surface area contributed by atoms with Gasteiger partial charge in [-0.25, -0.2) is 0 Å². The highest BCUT2D eigenvalue weighted by Crippen LogP contribution is 2.19. The lowest BCUT2D eigenvalue weighted by Crippen LogP contribution is -2.21. The van der Waals surface area contributed by atoms with Crippen molar-refractivity contribution in [1.82, 2.24) is 5.32 Å². The van der Waals surface area contributed by atoms with Crippen molar-refractivity contribution >= 4 is 11.8 Å². The first-order valence-corrected chi connectivity index (χ1v) is 7.19. The number of imide groups is 1. The second kappa shape index (κ2) is 11.2. The summed E-state index contributed by atoms with van der Waals surface area (Å²) >= 11 is 0. The Bertz CT molecular complexity index is 242. The minimum Gasteiger partial charge on any atom is -0.331 e. The summed E-state index contributed by atoms with van der Waals surface area (Å²) < 4.78 is 0. The van der Waals surface area contributed by atoms with Gasteiger partial charge in [0, 0.05) is 12.3 Å². The van der Waals surface area contributed by atoms with Crippen molar-refractivity contribution in [3.63, 3.8) is 0 Å². The zero-order chi connectivity index (χ0) is 13.8. The molecule has 1 aliphatic heterocycles. The number of hydrogen-bond donors (Lipinski definition) is 2. The summed E-state index contributed by atoms with van der Waals surface area (Å²) in [5, 5.41) is 2.35. The van der Waals surface area contributed by atoms with Crippen LogP contribution in [0.3, 0.4) is 0 Å². The van der Waals surface area contributed by atoms with E-state index in [0.29, 0.717) is 6.42 Å². The average molecular weight is 256 g/mol. The molecule has 0 bridgehead atoms. The number of rotatable bonds is 7. The van der Waals surface area contributed by atoms with E-state index >= 15 is 0 Å². The summed E-state index contributed by atoms with van der Waals surface area (Å²) in [7, 11) is 0. The Balaban J connectivity index is 0.000000873. The number of unbranched alkanes of at least 4 members (excludes halogenated alkanes) is 5. The molecule has 0 aromatic rings. The maximum atomic E-state index is 11.2. The number of hydrogen-bond acceptors (Lipinski definition) is 3. The molecule has 1 aliphatic rings. The number of carbonyl (C=O) groups excluding carboxylic acids is 2. The molecule has 1 atom stereocenters. The van der Waals surface area contributed by atoms with Crippen LogP contribution in [0.25, 0.3) is 0 Å².